The maximum atomic E-state index is 12.6. The quantitative estimate of drug-likeness (QED) is 0.796. The van der Waals surface area contributed by atoms with Gasteiger partial charge in [0.2, 0.25) is 0 Å². The van der Waals surface area contributed by atoms with E-state index in [0.29, 0.717) is 37.4 Å². The Hall–Kier alpha value is -2.25. The van der Waals surface area contributed by atoms with Gasteiger partial charge in [0.05, 0.1) is 6.61 Å². The molecule has 23 heavy (non-hydrogen) atoms. The Balaban J connectivity index is 2.02. The van der Waals surface area contributed by atoms with Crippen LogP contribution in [0.25, 0.3) is 5.65 Å². The minimum Gasteiger partial charge on any atom is -0.395 e. The van der Waals surface area contributed by atoms with Gasteiger partial charge in [-0.2, -0.15) is 0 Å². The number of aldehydes is 1. The predicted molar refractivity (Wildman–Crippen MR) is 87.3 cm³/mol. The summed E-state index contributed by atoms with van der Waals surface area (Å²) in [5, 5.41) is 9.01. The molecule has 2 aromatic rings. The molecule has 122 valence electrons. The average Bonchev–Trinajstić information content (AvgIpc) is 2.57. The zero-order chi connectivity index (χ0) is 16.4. The van der Waals surface area contributed by atoms with Crippen molar-refractivity contribution >= 4 is 17.8 Å². The summed E-state index contributed by atoms with van der Waals surface area (Å²) in [6.07, 6.45) is 2.23. The predicted octanol–water partition coefficient (Wildman–Crippen LogP) is -0.0703. The van der Waals surface area contributed by atoms with E-state index < -0.39 is 0 Å². The first-order valence-corrected chi connectivity index (χ1v) is 7.71. The first-order valence-electron chi connectivity index (χ1n) is 7.71. The van der Waals surface area contributed by atoms with E-state index in [9.17, 15) is 9.59 Å². The number of aromatic nitrogens is 2. The molecule has 2 aromatic heterocycles. The molecular formula is C16H20N4O3. The molecule has 3 heterocycles. The van der Waals surface area contributed by atoms with Crippen LogP contribution in [0.4, 0.5) is 5.82 Å². The normalized spacial score (nSPS) is 16.0. The summed E-state index contributed by atoms with van der Waals surface area (Å²) < 4.78 is 1.42. The Labute approximate surface area is 133 Å². The number of carbonyl (C=O) groups excluding carboxylic acids is 1. The molecular weight excluding hydrogens is 296 g/mol. The van der Waals surface area contributed by atoms with Gasteiger partial charge in [-0.25, -0.2) is 4.98 Å². The Kier molecular flexibility index (Phi) is 4.40. The molecule has 0 saturated carbocycles. The van der Waals surface area contributed by atoms with Crippen molar-refractivity contribution < 1.29 is 9.90 Å². The summed E-state index contributed by atoms with van der Waals surface area (Å²) in [5.41, 5.74) is 1.24. The van der Waals surface area contributed by atoms with Gasteiger partial charge in [0.1, 0.15) is 17.0 Å². The molecule has 0 aromatic carbocycles. The second-order valence-corrected chi connectivity index (χ2v) is 5.71. The largest absolute Gasteiger partial charge is 0.395 e. The SMILES string of the molecule is Cc1cccn2c(=O)c(C=O)c(N3CCN(CCO)CC3)nc12. The van der Waals surface area contributed by atoms with E-state index >= 15 is 0 Å². The molecule has 7 heteroatoms. The fourth-order valence-electron chi connectivity index (χ4n) is 2.97. The van der Waals surface area contributed by atoms with Crippen LogP contribution < -0.4 is 10.5 Å². The number of anilines is 1. The van der Waals surface area contributed by atoms with Crippen LogP contribution >= 0.6 is 0 Å². The van der Waals surface area contributed by atoms with Gasteiger partial charge in [-0.3, -0.25) is 18.9 Å². The Bertz CT molecular complexity index is 779. The lowest BCUT2D eigenvalue weighted by Crippen LogP contribution is -2.48. The van der Waals surface area contributed by atoms with Gasteiger partial charge in [0, 0.05) is 38.9 Å². The van der Waals surface area contributed by atoms with Crippen LogP contribution in [-0.2, 0) is 0 Å². The van der Waals surface area contributed by atoms with Crippen molar-refractivity contribution in [1.29, 1.82) is 0 Å². The van der Waals surface area contributed by atoms with Crippen molar-refractivity contribution in [2.75, 3.05) is 44.2 Å². The maximum absolute atomic E-state index is 12.6. The molecule has 0 unspecified atom stereocenters. The van der Waals surface area contributed by atoms with Gasteiger partial charge >= 0.3 is 0 Å². The van der Waals surface area contributed by atoms with Crippen LogP contribution in [0.15, 0.2) is 23.1 Å². The molecule has 1 aliphatic heterocycles. The molecule has 3 rings (SSSR count). The number of aliphatic hydroxyl groups is 1. The second kappa shape index (κ2) is 6.47. The molecule has 0 radical (unpaired) electrons. The van der Waals surface area contributed by atoms with Gasteiger partial charge in [-0.15, -0.1) is 0 Å². The molecule has 1 aliphatic rings. The van der Waals surface area contributed by atoms with E-state index in [1.807, 2.05) is 17.9 Å². The molecule has 0 amide bonds. The lowest BCUT2D eigenvalue weighted by atomic mass is 10.2. The number of nitrogens with zero attached hydrogens (tertiary/aromatic N) is 4. The summed E-state index contributed by atoms with van der Waals surface area (Å²) >= 11 is 0. The van der Waals surface area contributed by atoms with Crippen LogP contribution in [0.2, 0.25) is 0 Å². The molecule has 1 fully saturated rings. The summed E-state index contributed by atoms with van der Waals surface area (Å²) in [6, 6.07) is 3.67. The van der Waals surface area contributed by atoms with Gasteiger partial charge < -0.3 is 10.0 Å². The highest BCUT2D eigenvalue weighted by molar-refractivity contribution is 5.83. The Morgan fingerprint density at radius 3 is 2.70 bits per heavy atom. The van der Waals surface area contributed by atoms with E-state index in [0.717, 1.165) is 18.7 Å². The highest BCUT2D eigenvalue weighted by atomic mass is 16.3. The number of hydrogen-bond donors (Lipinski definition) is 1. The lowest BCUT2D eigenvalue weighted by molar-refractivity contribution is 0.112. The smallest absolute Gasteiger partial charge is 0.270 e. The van der Waals surface area contributed by atoms with Gasteiger partial charge in [-0.1, -0.05) is 6.07 Å². The standard InChI is InChI=1S/C16H20N4O3/c1-12-3-2-4-20-14(12)17-15(13(11-22)16(20)23)19-7-5-18(6-8-19)9-10-21/h2-4,11,21H,5-10H2,1H3. The highest BCUT2D eigenvalue weighted by Gasteiger charge is 2.22. The third kappa shape index (κ3) is 2.85. The van der Waals surface area contributed by atoms with E-state index in [4.69, 9.17) is 5.11 Å². The first-order chi connectivity index (χ1) is 11.2. The van der Waals surface area contributed by atoms with Gasteiger partial charge in [0.15, 0.2) is 6.29 Å². The molecule has 0 aliphatic carbocycles. The number of hydrogen-bond acceptors (Lipinski definition) is 6. The molecule has 0 spiro atoms. The third-order valence-corrected chi connectivity index (χ3v) is 4.27. The molecule has 0 atom stereocenters. The second-order valence-electron chi connectivity index (χ2n) is 5.71. The van der Waals surface area contributed by atoms with Gasteiger partial charge in [0.25, 0.3) is 5.56 Å². The number of aryl methyl sites for hydroxylation is 1. The van der Waals surface area contributed by atoms with Crippen molar-refractivity contribution in [1.82, 2.24) is 14.3 Å². The van der Waals surface area contributed by atoms with Crippen molar-refractivity contribution in [3.63, 3.8) is 0 Å². The number of aliphatic hydroxyl groups excluding tert-OH is 1. The van der Waals surface area contributed by atoms with Crippen molar-refractivity contribution in [2.24, 2.45) is 0 Å². The molecule has 1 N–H and O–H groups in total. The fourth-order valence-corrected chi connectivity index (χ4v) is 2.97. The highest BCUT2D eigenvalue weighted by Crippen LogP contribution is 2.18. The van der Waals surface area contributed by atoms with Crippen molar-refractivity contribution in [3.05, 3.63) is 39.8 Å². The number of carbonyl (C=O) groups is 1. The Morgan fingerprint density at radius 1 is 1.30 bits per heavy atom. The maximum Gasteiger partial charge on any atom is 0.270 e. The molecule has 7 nitrogen and oxygen atoms in total. The number of pyridine rings is 1. The zero-order valence-corrected chi connectivity index (χ0v) is 13.1. The number of β-amino-alcohol motifs (C(OH)–C–C–N with tert-alkyl or cyclic N) is 1. The van der Waals surface area contributed by atoms with Crippen molar-refractivity contribution in [3.8, 4) is 0 Å². The van der Waals surface area contributed by atoms with Crippen LogP contribution in [0, 0.1) is 6.92 Å². The number of piperazine rings is 1. The number of fused-ring (bicyclic) bond motifs is 1. The lowest BCUT2D eigenvalue weighted by Gasteiger charge is -2.35. The van der Waals surface area contributed by atoms with Crippen LogP contribution in [0.3, 0.4) is 0 Å². The van der Waals surface area contributed by atoms with Crippen LogP contribution in [-0.4, -0.2) is 65.0 Å². The van der Waals surface area contributed by atoms with Gasteiger partial charge in [-0.05, 0) is 18.6 Å². The van der Waals surface area contributed by atoms with Crippen molar-refractivity contribution in [2.45, 2.75) is 6.92 Å². The summed E-state index contributed by atoms with van der Waals surface area (Å²) in [6.45, 7) is 5.56. The number of rotatable bonds is 4. The van der Waals surface area contributed by atoms with Crippen LogP contribution in [0.5, 0.6) is 0 Å². The summed E-state index contributed by atoms with van der Waals surface area (Å²) in [7, 11) is 0. The molecule has 1 saturated heterocycles. The van der Waals surface area contributed by atoms with E-state index in [-0.39, 0.29) is 17.7 Å². The average molecular weight is 316 g/mol. The summed E-state index contributed by atoms with van der Waals surface area (Å²) in [5.74, 6) is 0.461. The van der Waals surface area contributed by atoms with E-state index in [1.54, 1.807) is 12.3 Å². The minimum absolute atomic E-state index is 0.101. The first kappa shape index (κ1) is 15.6. The summed E-state index contributed by atoms with van der Waals surface area (Å²) in [4.78, 5) is 32.7. The van der Waals surface area contributed by atoms with E-state index in [1.165, 1.54) is 4.40 Å². The third-order valence-electron chi connectivity index (χ3n) is 4.27. The van der Waals surface area contributed by atoms with Crippen LogP contribution in [0.1, 0.15) is 15.9 Å². The fraction of sp³-hybridized carbons (Fsp3) is 0.438. The van der Waals surface area contributed by atoms with E-state index in [2.05, 4.69) is 9.88 Å². The molecule has 0 bridgehead atoms. The monoisotopic (exact) mass is 316 g/mol. The zero-order valence-electron chi connectivity index (χ0n) is 13.1. The minimum atomic E-state index is -0.332. The topological polar surface area (TPSA) is 78.2 Å². The Morgan fingerprint density at radius 2 is 2.04 bits per heavy atom.